The maximum atomic E-state index is 6.10. The van der Waals surface area contributed by atoms with E-state index in [0.29, 0.717) is 6.61 Å². The number of hydrogen-bond donors (Lipinski definition) is 0. The van der Waals surface area contributed by atoms with Gasteiger partial charge in [0.25, 0.3) is 0 Å². The van der Waals surface area contributed by atoms with Crippen LogP contribution in [0.4, 0.5) is 0 Å². The average molecular weight is 272 g/mol. The van der Waals surface area contributed by atoms with Crippen LogP contribution < -0.4 is 0 Å². The largest absolute Gasteiger partial charge is 0.344 e. The van der Waals surface area contributed by atoms with E-state index >= 15 is 0 Å². The second kappa shape index (κ2) is 3.92. The van der Waals surface area contributed by atoms with Gasteiger partial charge in [0, 0.05) is 5.92 Å². The first-order valence-corrected chi connectivity index (χ1v) is 7.03. The minimum atomic E-state index is -0.742. The first kappa shape index (κ1) is 13.8. The first-order chi connectivity index (χ1) is 8.65. The van der Waals surface area contributed by atoms with E-state index in [9.17, 15) is 0 Å². The molecule has 110 valence electrons. The summed E-state index contributed by atoms with van der Waals surface area (Å²) < 4.78 is 30.1. The molecule has 0 aromatic carbocycles. The monoisotopic (exact) mass is 272 g/mol. The predicted molar refractivity (Wildman–Crippen MR) is 67.4 cm³/mol. The Morgan fingerprint density at radius 3 is 2.26 bits per heavy atom. The van der Waals surface area contributed by atoms with Gasteiger partial charge in [-0.25, -0.2) is 0 Å². The molecule has 0 radical (unpaired) electrons. The van der Waals surface area contributed by atoms with E-state index in [1.165, 1.54) is 0 Å². The maximum absolute atomic E-state index is 6.10. The van der Waals surface area contributed by atoms with Crippen molar-refractivity contribution in [2.45, 2.75) is 77.2 Å². The SMILES string of the molecule is CC(C)[C@]12OC[C@@H]3OC(C)(C)O[C@@H]3[C@H]1OC(C)(C)O2. The van der Waals surface area contributed by atoms with Crippen molar-refractivity contribution in [1.82, 2.24) is 0 Å². The molecule has 19 heavy (non-hydrogen) atoms. The number of ether oxygens (including phenoxy) is 5. The molecule has 3 heterocycles. The molecule has 0 aliphatic carbocycles. The summed E-state index contributed by atoms with van der Waals surface area (Å²) in [4.78, 5) is 0. The van der Waals surface area contributed by atoms with E-state index in [1.807, 2.05) is 27.7 Å². The van der Waals surface area contributed by atoms with Crippen LogP contribution in [-0.4, -0.2) is 42.3 Å². The summed E-state index contributed by atoms with van der Waals surface area (Å²) in [5.41, 5.74) is 0. The molecule has 3 saturated heterocycles. The minimum Gasteiger partial charge on any atom is -0.344 e. The zero-order valence-corrected chi connectivity index (χ0v) is 12.6. The number of fused-ring (bicyclic) bond motifs is 3. The van der Waals surface area contributed by atoms with E-state index in [1.54, 1.807) is 0 Å². The van der Waals surface area contributed by atoms with Crippen molar-refractivity contribution in [1.29, 1.82) is 0 Å². The van der Waals surface area contributed by atoms with Gasteiger partial charge in [-0.05, 0) is 27.7 Å². The third-order valence-electron chi connectivity index (χ3n) is 4.01. The lowest BCUT2D eigenvalue weighted by Crippen LogP contribution is -2.60. The molecule has 0 spiro atoms. The lowest BCUT2D eigenvalue weighted by atomic mass is 9.89. The van der Waals surface area contributed by atoms with Crippen LogP contribution in [-0.2, 0) is 23.7 Å². The Kier molecular flexibility index (Phi) is 2.84. The fraction of sp³-hybridized carbons (Fsp3) is 1.00. The molecule has 4 atom stereocenters. The third-order valence-corrected chi connectivity index (χ3v) is 4.01. The van der Waals surface area contributed by atoms with Gasteiger partial charge in [-0.15, -0.1) is 0 Å². The van der Waals surface area contributed by atoms with Gasteiger partial charge >= 0.3 is 0 Å². The van der Waals surface area contributed by atoms with Crippen molar-refractivity contribution in [3.8, 4) is 0 Å². The van der Waals surface area contributed by atoms with Crippen LogP contribution in [0.15, 0.2) is 0 Å². The summed E-state index contributed by atoms with van der Waals surface area (Å²) in [7, 11) is 0. The van der Waals surface area contributed by atoms with Crippen LogP contribution in [0.2, 0.25) is 0 Å². The van der Waals surface area contributed by atoms with Gasteiger partial charge in [0.1, 0.15) is 18.3 Å². The second-order valence-corrected chi connectivity index (χ2v) is 6.87. The van der Waals surface area contributed by atoms with Gasteiger partial charge in [-0.1, -0.05) is 13.8 Å². The molecule has 0 bridgehead atoms. The van der Waals surface area contributed by atoms with Crippen LogP contribution in [0.1, 0.15) is 41.5 Å². The van der Waals surface area contributed by atoms with Crippen LogP contribution in [0.3, 0.4) is 0 Å². The number of hydrogen-bond acceptors (Lipinski definition) is 5. The van der Waals surface area contributed by atoms with E-state index in [4.69, 9.17) is 23.7 Å². The summed E-state index contributed by atoms with van der Waals surface area (Å²) >= 11 is 0. The van der Waals surface area contributed by atoms with E-state index in [2.05, 4.69) is 13.8 Å². The number of rotatable bonds is 1. The molecule has 3 aliphatic heterocycles. The lowest BCUT2D eigenvalue weighted by Gasteiger charge is -2.43. The quantitative estimate of drug-likeness (QED) is 0.731. The Bertz CT molecular complexity index is 378. The van der Waals surface area contributed by atoms with Crippen LogP contribution in [0.5, 0.6) is 0 Å². The summed E-state index contributed by atoms with van der Waals surface area (Å²) in [6, 6.07) is 0. The zero-order chi connectivity index (χ0) is 14.1. The Labute approximate surface area is 114 Å². The van der Waals surface area contributed by atoms with Crippen molar-refractivity contribution in [2.24, 2.45) is 5.92 Å². The van der Waals surface area contributed by atoms with Crippen LogP contribution in [0, 0.1) is 5.92 Å². The van der Waals surface area contributed by atoms with Crippen molar-refractivity contribution in [3.05, 3.63) is 0 Å². The van der Waals surface area contributed by atoms with E-state index in [0.717, 1.165) is 0 Å². The Hall–Kier alpha value is -0.200. The zero-order valence-electron chi connectivity index (χ0n) is 12.6. The molecule has 0 unspecified atom stereocenters. The lowest BCUT2D eigenvalue weighted by molar-refractivity contribution is -0.301. The van der Waals surface area contributed by atoms with Gasteiger partial charge < -0.3 is 23.7 Å². The highest BCUT2D eigenvalue weighted by Crippen LogP contribution is 2.50. The van der Waals surface area contributed by atoms with Gasteiger partial charge in [0.15, 0.2) is 11.6 Å². The summed E-state index contributed by atoms with van der Waals surface area (Å²) in [5, 5.41) is 0. The van der Waals surface area contributed by atoms with Gasteiger partial charge in [-0.2, -0.15) is 0 Å². The molecule has 0 saturated carbocycles. The van der Waals surface area contributed by atoms with Gasteiger partial charge in [0.05, 0.1) is 6.61 Å². The predicted octanol–water partition coefficient (Wildman–Crippen LogP) is 2.04. The maximum Gasteiger partial charge on any atom is 0.203 e. The van der Waals surface area contributed by atoms with E-state index in [-0.39, 0.29) is 24.2 Å². The highest BCUT2D eigenvalue weighted by Gasteiger charge is 2.66. The highest BCUT2D eigenvalue weighted by molar-refractivity contribution is 5.04. The minimum absolute atomic E-state index is 0.0932. The van der Waals surface area contributed by atoms with Crippen molar-refractivity contribution in [2.75, 3.05) is 6.61 Å². The van der Waals surface area contributed by atoms with Gasteiger partial charge in [0.2, 0.25) is 5.79 Å². The average Bonchev–Trinajstić information content (AvgIpc) is 2.70. The molecular formula is C14H24O5. The second-order valence-electron chi connectivity index (χ2n) is 6.87. The highest BCUT2D eigenvalue weighted by atomic mass is 16.9. The smallest absolute Gasteiger partial charge is 0.203 e. The fourth-order valence-electron chi connectivity index (χ4n) is 3.34. The standard InChI is InChI=1S/C14H24O5/c1-8(2)14-11(18-13(5,6)19-14)10-9(7-15-14)16-12(3,4)17-10/h8-11H,7H2,1-6H3/t9-,10-,11+,14+/m0/s1. The van der Waals surface area contributed by atoms with Gasteiger partial charge in [-0.3, -0.25) is 0 Å². The van der Waals surface area contributed by atoms with Crippen LogP contribution >= 0.6 is 0 Å². The Morgan fingerprint density at radius 2 is 1.63 bits per heavy atom. The topological polar surface area (TPSA) is 46.2 Å². The summed E-state index contributed by atoms with van der Waals surface area (Å²) in [5.74, 6) is -1.83. The Balaban J connectivity index is 1.94. The first-order valence-electron chi connectivity index (χ1n) is 7.03. The molecule has 0 aromatic heterocycles. The van der Waals surface area contributed by atoms with E-state index < -0.39 is 17.4 Å². The van der Waals surface area contributed by atoms with Crippen molar-refractivity contribution < 1.29 is 23.7 Å². The van der Waals surface area contributed by atoms with Crippen LogP contribution in [0.25, 0.3) is 0 Å². The molecule has 5 nitrogen and oxygen atoms in total. The molecule has 3 aliphatic rings. The molecule has 3 rings (SSSR count). The Morgan fingerprint density at radius 1 is 0.947 bits per heavy atom. The van der Waals surface area contributed by atoms with Crippen molar-refractivity contribution in [3.63, 3.8) is 0 Å². The molecule has 0 amide bonds. The fourth-order valence-corrected chi connectivity index (χ4v) is 3.34. The molecule has 0 N–H and O–H groups in total. The normalized spacial score (nSPS) is 47.2. The van der Waals surface area contributed by atoms with Crippen molar-refractivity contribution >= 4 is 0 Å². The molecule has 3 fully saturated rings. The summed E-state index contributed by atoms with van der Waals surface area (Å²) in [6.45, 7) is 12.3. The molecule has 0 aromatic rings. The summed E-state index contributed by atoms with van der Waals surface area (Å²) in [6.07, 6.45) is -0.500. The molecular weight excluding hydrogens is 248 g/mol. The third kappa shape index (κ3) is 2.03. The molecule has 5 heteroatoms.